The Morgan fingerprint density at radius 1 is 1.44 bits per heavy atom. The molecule has 0 aliphatic rings. The second kappa shape index (κ2) is 6.07. The van der Waals surface area contributed by atoms with E-state index in [0.29, 0.717) is 9.22 Å². The fraction of sp³-hybridized carbons (Fsp3) is 0.222. The van der Waals surface area contributed by atoms with Crippen LogP contribution in [0.1, 0.15) is 0 Å². The van der Waals surface area contributed by atoms with Crippen molar-refractivity contribution in [3.63, 3.8) is 0 Å². The fourth-order valence-electron chi connectivity index (χ4n) is 0.834. The van der Waals surface area contributed by atoms with Gasteiger partial charge in [-0.15, -0.1) is 0 Å². The smallest absolute Gasteiger partial charge is 0.283 e. The highest BCUT2D eigenvalue weighted by molar-refractivity contribution is 8.83. The Morgan fingerprint density at radius 2 is 2.06 bits per heavy atom. The van der Waals surface area contributed by atoms with Crippen LogP contribution in [0.5, 0.6) is 0 Å². The van der Waals surface area contributed by atoms with E-state index in [1.54, 1.807) is 23.1 Å². The van der Waals surface area contributed by atoms with Crippen molar-refractivity contribution in [1.82, 2.24) is 4.90 Å². The van der Waals surface area contributed by atoms with Gasteiger partial charge < -0.3 is 4.90 Å². The lowest BCUT2D eigenvalue weighted by Crippen LogP contribution is -2.14. The van der Waals surface area contributed by atoms with Crippen LogP contribution in [-0.4, -0.2) is 28.2 Å². The third-order valence-corrected chi connectivity index (χ3v) is 4.94. The van der Waals surface area contributed by atoms with Crippen molar-refractivity contribution >= 4 is 43.8 Å². The highest BCUT2D eigenvalue weighted by Gasteiger charge is 2.14. The summed E-state index contributed by atoms with van der Waals surface area (Å²) < 4.78 is 0.683. The molecule has 1 aromatic rings. The molecule has 1 aromatic carbocycles. The number of para-hydroxylation sites is 1. The molecule has 0 aliphatic heterocycles. The summed E-state index contributed by atoms with van der Waals surface area (Å²) >= 11 is 5.08. The Bertz CT molecular complexity index is 409. The molecule has 1 rings (SSSR count). The summed E-state index contributed by atoms with van der Waals surface area (Å²) in [7, 11) is 6.33. The topological polar surface area (TPSA) is 46.4 Å². The zero-order chi connectivity index (χ0) is 12.1. The van der Waals surface area contributed by atoms with Gasteiger partial charge in [0.1, 0.15) is 4.32 Å². The van der Waals surface area contributed by atoms with E-state index in [2.05, 4.69) is 0 Å². The molecule has 0 amide bonds. The molecule has 86 valence electrons. The Balaban J connectivity index is 2.74. The number of nitro benzene ring substituents is 1. The third-order valence-electron chi connectivity index (χ3n) is 1.63. The summed E-state index contributed by atoms with van der Waals surface area (Å²) in [6, 6.07) is 6.63. The quantitative estimate of drug-likeness (QED) is 0.365. The second-order valence-corrected chi connectivity index (χ2v) is 5.86. The third kappa shape index (κ3) is 3.66. The summed E-state index contributed by atoms with van der Waals surface area (Å²) in [6.45, 7) is 0. The molecule has 0 unspecified atom stereocenters. The van der Waals surface area contributed by atoms with Crippen molar-refractivity contribution in [3.8, 4) is 0 Å². The van der Waals surface area contributed by atoms with Crippen molar-refractivity contribution in [2.45, 2.75) is 4.90 Å². The van der Waals surface area contributed by atoms with Crippen molar-refractivity contribution in [2.24, 2.45) is 0 Å². The Kier molecular flexibility index (Phi) is 5.04. The summed E-state index contributed by atoms with van der Waals surface area (Å²) in [5, 5.41) is 10.7. The van der Waals surface area contributed by atoms with E-state index in [-0.39, 0.29) is 10.6 Å². The molecule has 0 aliphatic carbocycles. The number of hydrogen-bond donors (Lipinski definition) is 0. The normalized spacial score (nSPS) is 9.88. The largest absolute Gasteiger partial charge is 0.363 e. The van der Waals surface area contributed by atoms with Gasteiger partial charge >= 0.3 is 0 Å². The lowest BCUT2D eigenvalue weighted by atomic mass is 10.3. The predicted octanol–water partition coefficient (Wildman–Crippen LogP) is 3.18. The van der Waals surface area contributed by atoms with Gasteiger partial charge in [-0.05, 0) is 27.7 Å². The molecule has 16 heavy (non-hydrogen) atoms. The second-order valence-electron chi connectivity index (χ2n) is 3.05. The first-order chi connectivity index (χ1) is 7.52. The minimum atomic E-state index is -0.387. The number of hydrogen-bond acceptors (Lipinski definition) is 5. The molecule has 0 fully saturated rings. The van der Waals surface area contributed by atoms with Gasteiger partial charge in [0.05, 0.1) is 9.82 Å². The molecule has 0 saturated heterocycles. The average Bonchev–Trinajstić information content (AvgIpc) is 2.25. The van der Waals surface area contributed by atoms with E-state index < -0.39 is 0 Å². The molecule has 0 spiro atoms. The molecule has 0 N–H and O–H groups in total. The van der Waals surface area contributed by atoms with Gasteiger partial charge in [-0.3, -0.25) is 10.1 Å². The molecular formula is C9H10N2O2S3. The number of nitrogens with zero attached hydrogens (tertiary/aromatic N) is 2. The summed E-state index contributed by atoms with van der Waals surface area (Å²) in [5.74, 6) is 0. The van der Waals surface area contributed by atoms with Crippen LogP contribution < -0.4 is 0 Å². The molecule has 0 atom stereocenters. The molecule has 4 nitrogen and oxygen atoms in total. The van der Waals surface area contributed by atoms with E-state index in [4.69, 9.17) is 12.2 Å². The number of rotatable bonds is 3. The SMILES string of the molecule is CN(C)C(=S)SSc1ccccc1[N+](=O)[O-]. The molecule has 0 aromatic heterocycles. The maximum absolute atomic E-state index is 10.7. The van der Waals surface area contributed by atoms with Crippen LogP contribution in [0.15, 0.2) is 29.2 Å². The van der Waals surface area contributed by atoms with E-state index in [0.717, 1.165) is 0 Å². The van der Waals surface area contributed by atoms with Gasteiger partial charge in [-0.2, -0.15) is 0 Å². The first kappa shape index (κ1) is 13.3. The van der Waals surface area contributed by atoms with E-state index >= 15 is 0 Å². The first-order valence-electron chi connectivity index (χ1n) is 4.31. The lowest BCUT2D eigenvalue weighted by molar-refractivity contribution is -0.387. The maximum atomic E-state index is 10.7. The van der Waals surface area contributed by atoms with Gasteiger partial charge in [0.25, 0.3) is 5.69 Å². The number of benzene rings is 1. The Labute approximate surface area is 107 Å². The minimum absolute atomic E-state index is 0.113. The predicted molar refractivity (Wildman–Crippen MR) is 72.8 cm³/mol. The van der Waals surface area contributed by atoms with Gasteiger partial charge in [0.15, 0.2) is 0 Å². The summed E-state index contributed by atoms with van der Waals surface area (Å²) in [6.07, 6.45) is 0. The molecule has 0 heterocycles. The molecular weight excluding hydrogens is 264 g/mol. The van der Waals surface area contributed by atoms with E-state index in [1.807, 2.05) is 14.1 Å². The average molecular weight is 274 g/mol. The van der Waals surface area contributed by atoms with Crippen LogP contribution >= 0.6 is 33.8 Å². The zero-order valence-corrected chi connectivity index (χ0v) is 11.2. The van der Waals surface area contributed by atoms with Gasteiger partial charge in [-0.1, -0.05) is 24.4 Å². The van der Waals surface area contributed by atoms with Crippen molar-refractivity contribution in [1.29, 1.82) is 0 Å². The standard InChI is InChI=1S/C9H10N2O2S3/c1-10(2)9(14)16-15-8-6-4-3-5-7(8)11(12)13/h3-6H,1-2H3. The highest BCUT2D eigenvalue weighted by Crippen LogP contribution is 2.38. The number of thiocarbonyl (C=S) groups is 1. The van der Waals surface area contributed by atoms with Gasteiger partial charge in [0, 0.05) is 20.2 Å². The summed E-state index contributed by atoms with van der Waals surface area (Å²) in [5.41, 5.74) is 0.113. The van der Waals surface area contributed by atoms with Crippen LogP contribution in [0.25, 0.3) is 0 Å². The lowest BCUT2D eigenvalue weighted by Gasteiger charge is -2.11. The van der Waals surface area contributed by atoms with Crippen molar-refractivity contribution in [3.05, 3.63) is 34.4 Å². The minimum Gasteiger partial charge on any atom is -0.363 e. The Morgan fingerprint density at radius 3 is 2.62 bits per heavy atom. The van der Waals surface area contributed by atoms with Crippen LogP contribution in [-0.2, 0) is 0 Å². The highest BCUT2D eigenvalue weighted by atomic mass is 33.1. The molecule has 7 heteroatoms. The van der Waals surface area contributed by atoms with Crippen LogP contribution in [0.2, 0.25) is 0 Å². The van der Waals surface area contributed by atoms with Gasteiger partial charge in [-0.25, -0.2) is 0 Å². The first-order valence-corrected chi connectivity index (χ1v) is 6.87. The van der Waals surface area contributed by atoms with Crippen LogP contribution in [0.4, 0.5) is 5.69 Å². The molecule has 0 radical (unpaired) electrons. The fourth-order valence-corrected chi connectivity index (χ4v) is 3.17. The molecule has 0 bridgehead atoms. The Hall–Kier alpha value is -0.790. The summed E-state index contributed by atoms with van der Waals surface area (Å²) in [4.78, 5) is 12.8. The maximum Gasteiger partial charge on any atom is 0.283 e. The van der Waals surface area contributed by atoms with Gasteiger partial charge in [0.2, 0.25) is 0 Å². The monoisotopic (exact) mass is 274 g/mol. The van der Waals surface area contributed by atoms with Crippen LogP contribution in [0.3, 0.4) is 0 Å². The van der Waals surface area contributed by atoms with Crippen molar-refractivity contribution < 1.29 is 4.92 Å². The number of nitro groups is 1. The van der Waals surface area contributed by atoms with E-state index in [1.165, 1.54) is 27.7 Å². The van der Waals surface area contributed by atoms with E-state index in [9.17, 15) is 10.1 Å². The zero-order valence-electron chi connectivity index (χ0n) is 8.75. The van der Waals surface area contributed by atoms with Crippen molar-refractivity contribution in [2.75, 3.05) is 14.1 Å². The van der Waals surface area contributed by atoms with Crippen LogP contribution in [0, 0.1) is 10.1 Å². The molecule has 0 saturated carbocycles.